The molecule has 0 spiro atoms. The summed E-state index contributed by atoms with van der Waals surface area (Å²) in [5.41, 5.74) is 1.50. The van der Waals surface area contributed by atoms with Crippen LogP contribution in [0, 0.1) is 0 Å². The Kier molecular flexibility index (Phi) is 3.48. The summed E-state index contributed by atoms with van der Waals surface area (Å²) in [5.74, 6) is 0. The van der Waals surface area contributed by atoms with Crippen molar-refractivity contribution in [1.29, 1.82) is 0 Å². The molecule has 0 heterocycles. The molecule has 1 aromatic rings. The maximum atomic E-state index is 6.26. The molecule has 0 saturated heterocycles. The van der Waals surface area contributed by atoms with Gasteiger partial charge in [-0.3, -0.25) is 0 Å². The molecule has 3 heteroatoms. The smallest absolute Gasteiger partial charge is 0.0458 e. The second-order valence-corrected chi connectivity index (χ2v) is 5.78. The van der Waals surface area contributed by atoms with Crippen molar-refractivity contribution in [1.82, 2.24) is 5.32 Å². The first-order chi connectivity index (χ1) is 7.53. The van der Waals surface area contributed by atoms with Gasteiger partial charge in [-0.2, -0.15) is 0 Å². The lowest BCUT2D eigenvalue weighted by Gasteiger charge is -2.19. The molecule has 2 rings (SSSR count). The monoisotopic (exact) mass is 257 g/mol. The quantitative estimate of drug-likeness (QED) is 0.859. The summed E-state index contributed by atoms with van der Waals surface area (Å²) in [6, 6.07) is 6.36. The summed E-state index contributed by atoms with van der Waals surface area (Å²) < 4.78 is 0. The van der Waals surface area contributed by atoms with Gasteiger partial charge in [0.1, 0.15) is 0 Å². The molecule has 0 amide bonds. The van der Waals surface area contributed by atoms with Crippen LogP contribution in [0.5, 0.6) is 0 Å². The Morgan fingerprint density at radius 1 is 1.31 bits per heavy atom. The molecule has 1 N–H and O–H groups in total. The molecule has 1 aromatic carbocycles. The van der Waals surface area contributed by atoms with Crippen LogP contribution in [-0.4, -0.2) is 12.6 Å². The van der Waals surface area contributed by atoms with E-state index in [1.807, 2.05) is 12.1 Å². The first-order valence-corrected chi connectivity index (χ1v) is 6.48. The Hall–Kier alpha value is -0.240. The number of nitrogens with one attached hydrogen (secondary N) is 1. The number of rotatable bonds is 4. The Morgan fingerprint density at radius 3 is 2.50 bits per heavy atom. The van der Waals surface area contributed by atoms with Crippen molar-refractivity contribution >= 4 is 23.2 Å². The van der Waals surface area contributed by atoms with Crippen molar-refractivity contribution in [2.45, 2.75) is 38.1 Å². The van der Waals surface area contributed by atoms with Gasteiger partial charge in [0.05, 0.1) is 0 Å². The van der Waals surface area contributed by atoms with Crippen molar-refractivity contribution in [2.75, 3.05) is 6.54 Å². The van der Waals surface area contributed by atoms with E-state index in [9.17, 15) is 0 Å². The van der Waals surface area contributed by atoms with Gasteiger partial charge in [-0.05, 0) is 30.5 Å². The van der Waals surface area contributed by atoms with Crippen LogP contribution in [0.15, 0.2) is 18.2 Å². The van der Waals surface area contributed by atoms with Crippen molar-refractivity contribution in [2.24, 2.45) is 0 Å². The predicted molar refractivity (Wildman–Crippen MR) is 70.5 cm³/mol. The summed E-state index contributed by atoms with van der Waals surface area (Å²) >= 11 is 12.2. The van der Waals surface area contributed by atoms with Crippen molar-refractivity contribution in [3.63, 3.8) is 0 Å². The largest absolute Gasteiger partial charge is 0.314 e. The van der Waals surface area contributed by atoms with E-state index in [4.69, 9.17) is 23.2 Å². The molecule has 1 aliphatic rings. The second-order valence-electron chi connectivity index (χ2n) is 4.94. The van der Waals surface area contributed by atoms with Crippen molar-refractivity contribution in [3.05, 3.63) is 33.8 Å². The van der Waals surface area contributed by atoms with Crippen LogP contribution >= 0.6 is 23.2 Å². The summed E-state index contributed by atoms with van der Waals surface area (Å²) in [5, 5.41) is 5.01. The van der Waals surface area contributed by atoms with Gasteiger partial charge in [0.2, 0.25) is 0 Å². The van der Waals surface area contributed by atoms with Gasteiger partial charge >= 0.3 is 0 Å². The number of halogens is 2. The van der Waals surface area contributed by atoms with E-state index in [0.717, 1.165) is 11.6 Å². The minimum absolute atomic E-state index is 0.256. The molecule has 0 aliphatic heterocycles. The van der Waals surface area contributed by atoms with Gasteiger partial charge in [-0.25, -0.2) is 0 Å². The Bertz CT molecular complexity index is 384. The molecule has 0 aromatic heterocycles. The summed E-state index contributed by atoms with van der Waals surface area (Å²) in [7, 11) is 0. The Balaban J connectivity index is 2.16. The Morgan fingerprint density at radius 2 is 2.00 bits per heavy atom. The molecule has 1 aliphatic carbocycles. The van der Waals surface area contributed by atoms with Gasteiger partial charge in [0.25, 0.3) is 0 Å². The predicted octanol–water partition coefficient (Wildman–Crippen LogP) is 4.02. The molecule has 0 atom stereocenters. The van der Waals surface area contributed by atoms with Crippen LogP contribution in [0.1, 0.15) is 32.3 Å². The zero-order valence-electron chi connectivity index (χ0n) is 9.69. The van der Waals surface area contributed by atoms with E-state index in [1.165, 1.54) is 18.4 Å². The Labute approximate surface area is 107 Å². The summed E-state index contributed by atoms with van der Waals surface area (Å²) in [4.78, 5) is 0. The average molecular weight is 258 g/mol. The van der Waals surface area contributed by atoms with Crippen molar-refractivity contribution in [3.8, 4) is 0 Å². The topological polar surface area (TPSA) is 12.0 Å². The molecular formula is C13H17Cl2N. The molecule has 88 valence electrons. The van der Waals surface area contributed by atoms with Gasteiger partial charge in [0, 0.05) is 28.0 Å². The third-order valence-corrected chi connectivity index (χ3v) is 3.75. The fourth-order valence-electron chi connectivity index (χ4n) is 2.01. The molecule has 1 fully saturated rings. The minimum atomic E-state index is 0.256. The zero-order valence-corrected chi connectivity index (χ0v) is 11.2. The second kappa shape index (κ2) is 4.56. The summed E-state index contributed by atoms with van der Waals surface area (Å²) in [6.07, 6.45) is 2.43. The molecule has 0 bridgehead atoms. The fraction of sp³-hybridized carbons (Fsp3) is 0.538. The molecule has 1 nitrogen and oxygen atoms in total. The van der Waals surface area contributed by atoms with Crippen LogP contribution in [0.25, 0.3) is 0 Å². The van der Waals surface area contributed by atoms with E-state index in [-0.39, 0.29) is 5.41 Å². The lowest BCUT2D eigenvalue weighted by atomic mass is 9.95. The lowest BCUT2D eigenvalue weighted by Crippen LogP contribution is -2.32. The van der Waals surface area contributed by atoms with E-state index < -0.39 is 0 Å². The highest BCUT2D eigenvalue weighted by atomic mass is 35.5. The minimum Gasteiger partial charge on any atom is -0.314 e. The summed E-state index contributed by atoms with van der Waals surface area (Å²) in [6.45, 7) is 5.34. The van der Waals surface area contributed by atoms with Crippen LogP contribution in [0.2, 0.25) is 10.0 Å². The molecule has 0 unspecified atom stereocenters. The number of benzene rings is 1. The molecule has 16 heavy (non-hydrogen) atoms. The molecule has 0 radical (unpaired) electrons. The van der Waals surface area contributed by atoms with Crippen LogP contribution < -0.4 is 5.32 Å². The maximum absolute atomic E-state index is 6.26. The molecular weight excluding hydrogens is 241 g/mol. The van der Waals surface area contributed by atoms with Crippen LogP contribution in [-0.2, 0) is 5.41 Å². The highest BCUT2D eigenvalue weighted by molar-refractivity contribution is 6.35. The van der Waals surface area contributed by atoms with E-state index in [1.54, 1.807) is 0 Å². The third kappa shape index (κ3) is 2.53. The average Bonchev–Trinajstić information content (AvgIpc) is 2.96. The van der Waals surface area contributed by atoms with Crippen LogP contribution in [0.4, 0.5) is 0 Å². The third-order valence-electron chi connectivity index (χ3n) is 3.20. The molecule has 1 saturated carbocycles. The lowest BCUT2D eigenvalue weighted by molar-refractivity contribution is 0.520. The normalized spacial score (nSPS) is 17.8. The fourth-order valence-corrected chi connectivity index (χ4v) is 2.62. The first kappa shape index (κ1) is 12.2. The van der Waals surface area contributed by atoms with Gasteiger partial charge in [-0.15, -0.1) is 0 Å². The zero-order chi connectivity index (χ0) is 11.8. The van der Waals surface area contributed by atoms with E-state index >= 15 is 0 Å². The van der Waals surface area contributed by atoms with E-state index in [0.29, 0.717) is 11.1 Å². The van der Waals surface area contributed by atoms with Crippen LogP contribution in [0.3, 0.4) is 0 Å². The SMILES string of the molecule is CC(C)NCC1(c2ccc(Cl)cc2Cl)CC1. The van der Waals surface area contributed by atoms with E-state index in [2.05, 4.69) is 25.2 Å². The van der Waals surface area contributed by atoms with Crippen molar-refractivity contribution < 1.29 is 0 Å². The van der Waals surface area contributed by atoms with Gasteiger partial charge < -0.3 is 5.32 Å². The standard InChI is InChI=1S/C13H17Cl2N/c1-9(2)16-8-13(5-6-13)11-4-3-10(14)7-12(11)15/h3-4,7,9,16H,5-6,8H2,1-2H3. The van der Waals surface area contributed by atoms with Gasteiger partial charge in [0.15, 0.2) is 0 Å². The number of hydrogen-bond donors (Lipinski definition) is 1. The first-order valence-electron chi connectivity index (χ1n) is 5.72. The maximum Gasteiger partial charge on any atom is 0.0458 e. The van der Waals surface area contributed by atoms with Gasteiger partial charge in [-0.1, -0.05) is 43.1 Å². The number of hydrogen-bond acceptors (Lipinski definition) is 1. The highest BCUT2D eigenvalue weighted by Crippen LogP contribution is 2.50. The highest BCUT2D eigenvalue weighted by Gasteiger charge is 2.45.